The lowest BCUT2D eigenvalue weighted by Gasteiger charge is -2.46. The molecular formula is C42H51N9O5. The first kappa shape index (κ1) is 36.6. The highest BCUT2D eigenvalue weighted by atomic mass is 16.3. The zero-order chi connectivity index (χ0) is 38.3. The van der Waals surface area contributed by atoms with Gasteiger partial charge in [-0.2, -0.15) is 0 Å². The minimum atomic E-state index is -0.948. The van der Waals surface area contributed by atoms with Crippen LogP contribution >= 0.6 is 0 Å². The number of para-hydroxylation sites is 1. The van der Waals surface area contributed by atoms with Crippen LogP contribution in [-0.4, -0.2) is 131 Å². The van der Waals surface area contributed by atoms with Crippen LogP contribution in [0, 0.1) is 11.8 Å². The maximum Gasteiger partial charge on any atom is 0.262 e. The monoisotopic (exact) mass is 761 g/mol. The fourth-order valence-corrected chi connectivity index (χ4v) is 9.83. The first-order chi connectivity index (χ1) is 27.3. The molecule has 14 heteroatoms. The molecule has 2 unspecified atom stereocenters. The van der Waals surface area contributed by atoms with Crippen LogP contribution in [0.1, 0.15) is 72.1 Å². The van der Waals surface area contributed by atoms with Crippen molar-refractivity contribution in [1.82, 2.24) is 30.2 Å². The summed E-state index contributed by atoms with van der Waals surface area (Å²) in [5.74, 6) is 0.598. The quantitative estimate of drug-likeness (QED) is 0.273. The Labute approximate surface area is 327 Å². The Kier molecular flexibility index (Phi) is 10.1. The van der Waals surface area contributed by atoms with Crippen molar-refractivity contribution in [3.63, 3.8) is 0 Å². The number of nitrogens with one attached hydrogen (secondary N) is 2. The number of fused-ring (bicyclic) bond motifs is 4. The number of piperidine rings is 3. The Bertz CT molecular complexity index is 2010. The molecule has 6 aliphatic heterocycles. The molecule has 3 aromatic rings. The molecule has 4 saturated heterocycles. The number of imide groups is 2. The molecule has 7 heterocycles. The molecule has 56 heavy (non-hydrogen) atoms. The van der Waals surface area contributed by atoms with Crippen molar-refractivity contribution in [1.29, 1.82) is 0 Å². The molecule has 2 aromatic carbocycles. The standard InChI is InChI=1S/C42H51N9O5/c52-37-6-2-1-5-32(37)34-23-36-39(46-45-34)43-24-30-26-47(20-21-50(30)36)15-3-4-27-11-16-48(17-12-27)25-28-13-18-49(19-14-28)29-7-8-31-33(22-29)42(56)51(41(31)55)35-9-10-38(53)44-40(35)54/h1-2,5-8,22-23,27-28,30,35,52H,3-4,9-21,24-26H2,(H,43,46)(H,44,53,54). The Morgan fingerprint density at radius 3 is 2.36 bits per heavy atom. The minimum absolute atomic E-state index is 0.111. The summed E-state index contributed by atoms with van der Waals surface area (Å²) in [6, 6.07) is 14.2. The summed E-state index contributed by atoms with van der Waals surface area (Å²) in [7, 11) is 0. The van der Waals surface area contributed by atoms with Crippen LogP contribution in [-0.2, 0) is 9.59 Å². The number of benzene rings is 2. The summed E-state index contributed by atoms with van der Waals surface area (Å²) < 4.78 is 0. The Balaban J connectivity index is 0.693. The topological polar surface area (TPSA) is 155 Å². The van der Waals surface area contributed by atoms with Gasteiger partial charge in [0.2, 0.25) is 11.8 Å². The van der Waals surface area contributed by atoms with Crippen LogP contribution < -0.4 is 20.4 Å². The molecule has 9 rings (SSSR count). The molecule has 0 saturated carbocycles. The fourth-order valence-electron chi connectivity index (χ4n) is 9.83. The molecule has 6 aliphatic rings. The number of amides is 4. The van der Waals surface area contributed by atoms with E-state index in [-0.39, 0.29) is 24.5 Å². The van der Waals surface area contributed by atoms with Gasteiger partial charge in [0.15, 0.2) is 5.82 Å². The molecule has 4 amide bonds. The van der Waals surface area contributed by atoms with E-state index in [1.165, 1.54) is 38.8 Å². The maximum atomic E-state index is 13.3. The number of nitrogens with zero attached hydrogens (tertiary/aromatic N) is 7. The third kappa shape index (κ3) is 7.20. The summed E-state index contributed by atoms with van der Waals surface area (Å²) in [6.07, 6.45) is 7.52. The summed E-state index contributed by atoms with van der Waals surface area (Å²) in [5.41, 5.74) is 4.07. The highest BCUT2D eigenvalue weighted by molar-refractivity contribution is 6.23. The number of hydrogen-bond donors (Lipinski definition) is 3. The first-order valence-electron chi connectivity index (χ1n) is 20.5. The van der Waals surface area contributed by atoms with Crippen molar-refractivity contribution < 1.29 is 24.3 Å². The van der Waals surface area contributed by atoms with Gasteiger partial charge in [0.25, 0.3) is 11.8 Å². The number of aromatic hydroxyl groups is 1. The lowest BCUT2D eigenvalue weighted by molar-refractivity contribution is -0.136. The van der Waals surface area contributed by atoms with E-state index >= 15 is 0 Å². The number of piperazine rings is 1. The first-order valence-corrected chi connectivity index (χ1v) is 20.5. The number of carbonyl (C=O) groups excluding carboxylic acids is 4. The molecule has 1 aromatic heterocycles. The van der Waals surface area contributed by atoms with Gasteiger partial charge in [0, 0.05) is 63.5 Å². The second kappa shape index (κ2) is 15.5. The van der Waals surface area contributed by atoms with Gasteiger partial charge in [-0.1, -0.05) is 12.1 Å². The Hall–Kier alpha value is -5.08. The number of carbonyl (C=O) groups is 4. The molecule has 0 spiro atoms. The van der Waals surface area contributed by atoms with E-state index in [0.29, 0.717) is 34.3 Å². The number of aromatic nitrogens is 2. The van der Waals surface area contributed by atoms with Crippen LogP contribution in [0.3, 0.4) is 0 Å². The largest absolute Gasteiger partial charge is 0.507 e. The van der Waals surface area contributed by atoms with Crippen LogP contribution in [0.25, 0.3) is 11.3 Å². The molecule has 14 nitrogen and oxygen atoms in total. The van der Waals surface area contributed by atoms with Gasteiger partial charge >= 0.3 is 0 Å². The number of likely N-dealkylation sites (tertiary alicyclic amines) is 1. The molecule has 0 aliphatic carbocycles. The molecule has 4 fully saturated rings. The van der Waals surface area contributed by atoms with Gasteiger partial charge in [0.1, 0.15) is 11.8 Å². The molecular weight excluding hydrogens is 711 g/mol. The third-order valence-electron chi connectivity index (χ3n) is 13.0. The van der Waals surface area contributed by atoms with Gasteiger partial charge < -0.3 is 25.1 Å². The second-order valence-corrected chi connectivity index (χ2v) is 16.5. The van der Waals surface area contributed by atoms with Crippen LogP contribution in [0.5, 0.6) is 5.75 Å². The van der Waals surface area contributed by atoms with Gasteiger partial charge in [-0.15, -0.1) is 10.2 Å². The van der Waals surface area contributed by atoms with Gasteiger partial charge in [-0.25, -0.2) is 0 Å². The molecule has 294 valence electrons. The van der Waals surface area contributed by atoms with E-state index in [9.17, 15) is 24.3 Å². The average Bonchev–Trinajstić information content (AvgIpc) is 3.46. The van der Waals surface area contributed by atoms with Gasteiger partial charge in [-0.05, 0) is 113 Å². The summed E-state index contributed by atoms with van der Waals surface area (Å²) >= 11 is 0. The average molecular weight is 762 g/mol. The number of phenols is 1. The fraction of sp³-hybridized carbons (Fsp3) is 0.524. The van der Waals surface area contributed by atoms with Crippen molar-refractivity contribution in [2.45, 2.75) is 63.5 Å². The van der Waals surface area contributed by atoms with Gasteiger partial charge in [0.05, 0.1) is 28.6 Å². The number of hydrogen-bond acceptors (Lipinski definition) is 12. The molecule has 3 N–H and O–H groups in total. The zero-order valence-corrected chi connectivity index (χ0v) is 31.9. The van der Waals surface area contributed by atoms with Crippen molar-refractivity contribution in [2.75, 3.05) is 80.6 Å². The SMILES string of the molecule is O=C1CCC(N2C(=O)c3ccc(N4CCC(CN5CCC(CCCN6CCN7c8cc(-c9ccccc9O)nnc8NCC7C6)CC5)CC4)cc3C2=O)C(=O)N1. The molecule has 2 atom stereocenters. The van der Waals surface area contributed by atoms with Gasteiger partial charge in [-0.3, -0.25) is 34.3 Å². The lowest BCUT2D eigenvalue weighted by Crippen LogP contribution is -2.58. The van der Waals surface area contributed by atoms with E-state index < -0.39 is 23.8 Å². The number of anilines is 3. The highest BCUT2D eigenvalue weighted by Crippen LogP contribution is 2.37. The summed E-state index contributed by atoms with van der Waals surface area (Å²) in [6.45, 7) is 10.3. The van der Waals surface area contributed by atoms with E-state index in [1.54, 1.807) is 12.1 Å². The van der Waals surface area contributed by atoms with Crippen molar-refractivity contribution >= 4 is 40.8 Å². The normalized spacial score (nSPS) is 23.8. The van der Waals surface area contributed by atoms with E-state index in [4.69, 9.17) is 0 Å². The summed E-state index contributed by atoms with van der Waals surface area (Å²) in [4.78, 5) is 61.6. The lowest BCUT2D eigenvalue weighted by atomic mass is 9.90. The third-order valence-corrected chi connectivity index (χ3v) is 13.0. The molecule has 0 radical (unpaired) electrons. The van der Waals surface area contributed by atoms with E-state index in [0.717, 1.165) is 93.2 Å². The highest BCUT2D eigenvalue weighted by Gasteiger charge is 2.45. The smallest absolute Gasteiger partial charge is 0.262 e. The Morgan fingerprint density at radius 2 is 1.55 bits per heavy atom. The maximum absolute atomic E-state index is 13.3. The number of phenolic OH excluding ortho intramolecular Hbond substituents is 1. The predicted octanol–water partition coefficient (Wildman–Crippen LogP) is 3.58. The van der Waals surface area contributed by atoms with E-state index in [2.05, 4.69) is 46.5 Å². The Morgan fingerprint density at radius 1 is 0.768 bits per heavy atom. The van der Waals surface area contributed by atoms with Crippen LogP contribution in [0.2, 0.25) is 0 Å². The predicted molar refractivity (Wildman–Crippen MR) is 212 cm³/mol. The van der Waals surface area contributed by atoms with Crippen molar-refractivity contribution in [3.05, 3.63) is 59.7 Å². The second-order valence-electron chi connectivity index (χ2n) is 16.5. The van der Waals surface area contributed by atoms with Crippen molar-refractivity contribution in [3.8, 4) is 17.0 Å². The number of rotatable bonds is 9. The minimum Gasteiger partial charge on any atom is -0.507 e. The summed E-state index contributed by atoms with van der Waals surface area (Å²) in [5, 5.41) is 25.0. The van der Waals surface area contributed by atoms with Crippen LogP contribution in [0.15, 0.2) is 48.5 Å². The van der Waals surface area contributed by atoms with Crippen molar-refractivity contribution in [2.24, 2.45) is 11.8 Å². The van der Waals surface area contributed by atoms with Crippen LogP contribution in [0.4, 0.5) is 17.2 Å². The zero-order valence-electron chi connectivity index (χ0n) is 31.9. The molecule has 0 bridgehead atoms. The van der Waals surface area contributed by atoms with E-state index in [1.807, 2.05) is 30.3 Å².